The number of rotatable bonds is 12. The molecule has 0 radical (unpaired) electrons. The third kappa shape index (κ3) is 8.94. The van der Waals surface area contributed by atoms with E-state index in [9.17, 15) is 9.59 Å². The van der Waals surface area contributed by atoms with E-state index >= 15 is 0 Å². The Labute approximate surface area is 215 Å². The predicted octanol–water partition coefficient (Wildman–Crippen LogP) is 2.97. The summed E-state index contributed by atoms with van der Waals surface area (Å²) >= 11 is 0. The lowest BCUT2D eigenvalue weighted by molar-refractivity contribution is -0.00854. The fraction of sp³-hybridized carbons (Fsp3) is 0.704. The molecule has 2 fully saturated rings. The molecule has 9 nitrogen and oxygen atoms in total. The van der Waals surface area contributed by atoms with Crippen LogP contribution in [0.4, 0.5) is 9.59 Å². The molecule has 0 aliphatic carbocycles. The van der Waals surface area contributed by atoms with Crippen LogP contribution in [0, 0.1) is 11.8 Å². The summed E-state index contributed by atoms with van der Waals surface area (Å²) in [5, 5.41) is 21.3. The SMILES string of the molecule is CCc1cccc([C@H](OCCNC(=O)O)[C@@H]2CCCN(C(=O)N[C@H](CNC)C[C@H]3CCCNC3)C2)c1. The van der Waals surface area contributed by atoms with Gasteiger partial charge in [-0.05, 0) is 75.7 Å². The van der Waals surface area contributed by atoms with Crippen molar-refractivity contribution in [2.24, 2.45) is 11.8 Å². The minimum Gasteiger partial charge on any atom is -0.465 e. The monoisotopic (exact) mass is 503 g/mol. The average molecular weight is 504 g/mol. The van der Waals surface area contributed by atoms with Gasteiger partial charge in [0, 0.05) is 38.1 Å². The summed E-state index contributed by atoms with van der Waals surface area (Å²) in [6.45, 7) is 6.88. The van der Waals surface area contributed by atoms with E-state index in [1.54, 1.807) is 0 Å². The molecule has 2 heterocycles. The fourth-order valence-corrected chi connectivity index (χ4v) is 5.51. The first-order chi connectivity index (χ1) is 17.5. The summed E-state index contributed by atoms with van der Waals surface area (Å²) in [6, 6.07) is 8.51. The number of likely N-dealkylation sites (N-methyl/N-ethyl adjacent to an activating group) is 1. The lowest BCUT2D eigenvalue weighted by Gasteiger charge is -2.38. The molecular formula is C27H45N5O4. The van der Waals surface area contributed by atoms with Crippen LogP contribution in [-0.4, -0.2) is 81.1 Å². The molecule has 3 rings (SSSR count). The summed E-state index contributed by atoms with van der Waals surface area (Å²) < 4.78 is 6.26. The molecule has 202 valence electrons. The summed E-state index contributed by atoms with van der Waals surface area (Å²) in [5.41, 5.74) is 2.33. The Hall–Kier alpha value is -2.36. The molecule has 1 aromatic rings. The van der Waals surface area contributed by atoms with Gasteiger partial charge in [-0.15, -0.1) is 0 Å². The number of nitrogens with one attached hydrogen (secondary N) is 4. The number of amides is 3. The molecule has 0 bridgehead atoms. The molecular weight excluding hydrogens is 458 g/mol. The molecule has 4 atom stereocenters. The second kappa shape index (κ2) is 15.0. The van der Waals surface area contributed by atoms with E-state index in [0.717, 1.165) is 57.4 Å². The lowest BCUT2D eigenvalue weighted by atomic mass is 9.87. The molecule has 9 heteroatoms. The van der Waals surface area contributed by atoms with E-state index in [1.165, 1.54) is 18.4 Å². The van der Waals surface area contributed by atoms with Gasteiger partial charge in [0.15, 0.2) is 0 Å². The van der Waals surface area contributed by atoms with Gasteiger partial charge in [0.2, 0.25) is 0 Å². The van der Waals surface area contributed by atoms with Gasteiger partial charge in [0.25, 0.3) is 0 Å². The number of piperidine rings is 2. The summed E-state index contributed by atoms with van der Waals surface area (Å²) in [4.78, 5) is 26.1. The Morgan fingerprint density at radius 1 is 1.28 bits per heavy atom. The number of aryl methyl sites for hydroxylation is 1. The maximum atomic E-state index is 13.3. The molecule has 0 unspecified atom stereocenters. The average Bonchev–Trinajstić information content (AvgIpc) is 2.89. The number of carboxylic acid groups (broad SMARTS) is 1. The van der Waals surface area contributed by atoms with Gasteiger partial charge in [-0.3, -0.25) is 0 Å². The van der Waals surface area contributed by atoms with Gasteiger partial charge >= 0.3 is 12.1 Å². The van der Waals surface area contributed by atoms with Crippen LogP contribution < -0.4 is 21.3 Å². The largest absolute Gasteiger partial charge is 0.465 e. The number of nitrogens with zero attached hydrogens (tertiary/aromatic N) is 1. The Morgan fingerprint density at radius 2 is 2.14 bits per heavy atom. The van der Waals surface area contributed by atoms with Crippen molar-refractivity contribution in [1.29, 1.82) is 0 Å². The highest BCUT2D eigenvalue weighted by atomic mass is 16.5. The number of hydrogen-bond acceptors (Lipinski definition) is 5. The lowest BCUT2D eigenvalue weighted by Crippen LogP contribution is -2.52. The number of carbonyl (C=O) groups is 2. The molecule has 0 saturated carbocycles. The number of urea groups is 1. The number of likely N-dealkylation sites (tertiary alicyclic amines) is 1. The second-order valence-electron chi connectivity index (χ2n) is 10.1. The van der Waals surface area contributed by atoms with Crippen LogP contribution in [0.25, 0.3) is 0 Å². The maximum absolute atomic E-state index is 13.3. The molecule has 3 amide bonds. The smallest absolute Gasteiger partial charge is 0.404 e. The number of hydrogen-bond donors (Lipinski definition) is 5. The van der Waals surface area contributed by atoms with Crippen molar-refractivity contribution in [2.75, 3.05) is 52.9 Å². The maximum Gasteiger partial charge on any atom is 0.404 e. The molecule has 1 aromatic carbocycles. The van der Waals surface area contributed by atoms with Crippen molar-refractivity contribution in [1.82, 2.24) is 26.2 Å². The van der Waals surface area contributed by atoms with E-state index in [0.29, 0.717) is 12.5 Å². The van der Waals surface area contributed by atoms with E-state index in [4.69, 9.17) is 9.84 Å². The quantitative estimate of drug-likeness (QED) is 0.280. The van der Waals surface area contributed by atoms with Gasteiger partial charge in [-0.25, -0.2) is 9.59 Å². The van der Waals surface area contributed by atoms with Crippen molar-refractivity contribution >= 4 is 12.1 Å². The zero-order valence-corrected chi connectivity index (χ0v) is 21.9. The fourth-order valence-electron chi connectivity index (χ4n) is 5.51. The van der Waals surface area contributed by atoms with Crippen LogP contribution in [0.1, 0.15) is 56.3 Å². The zero-order valence-electron chi connectivity index (χ0n) is 21.9. The molecule has 0 aromatic heterocycles. The third-order valence-corrected chi connectivity index (χ3v) is 7.33. The third-order valence-electron chi connectivity index (χ3n) is 7.33. The van der Waals surface area contributed by atoms with Gasteiger partial charge < -0.3 is 36.0 Å². The van der Waals surface area contributed by atoms with Gasteiger partial charge in [0.05, 0.1) is 12.7 Å². The molecule has 5 N–H and O–H groups in total. The van der Waals surface area contributed by atoms with Crippen LogP contribution >= 0.6 is 0 Å². The topological polar surface area (TPSA) is 115 Å². The Morgan fingerprint density at radius 3 is 2.86 bits per heavy atom. The zero-order chi connectivity index (χ0) is 25.8. The Bertz CT molecular complexity index is 817. The first-order valence-electron chi connectivity index (χ1n) is 13.6. The number of ether oxygens (including phenoxy) is 1. The molecule has 2 saturated heterocycles. The summed E-state index contributed by atoms with van der Waals surface area (Å²) in [7, 11) is 1.93. The van der Waals surface area contributed by atoms with Crippen molar-refractivity contribution < 1.29 is 19.4 Å². The highest BCUT2D eigenvalue weighted by molar-refractivity contribution is 5.74. The highest BCUT2D eigenvalue weighted by Crippen LogP contribution is 2.33. The van der Waals surface area contributed by atoms with Crippen LogP contribution in [0.3, 0.4) is 0 Å². The van der Waals surface area contributed by atoms with Crippen molar-refractivity contribution in [2.45, 2.75) is 57.6 Å². The first-order valence-corrected chi connectivity index (χ1v) is 13.6. The van der Waals surface area contributed by atoms with E-state index in [2.05, 4.69) is 52.5 Å². The minimum absolute atomic E-state index is 0.00248. The van der Waals surface area contributed by atoms with E-state index < -0.39 is 6.09 Å². The number of benzene rings is 1. The first kappa shape index (κ1) is 28.2. The van der Waals surface area contributed by atoms with Gasteiger partial charge in [0.1, 0.15) is 0 Å². The van der Waals surface area contributed by atoms with Gasteiger partial charge in [-0.2, -0.15) is 0 Å². The van der Waals surface area contributed by atoms with Crippen LogP contribution in [-0.2, 0) is 11.2 Å². The standard InChI is InChI=1S/C27H45N5O4/c1-3-20-7-4-9-22(15-20)25(36-14-12-30-27(34)35)23-10-6-13-32(19-23)26(33)31-24(18-28-2)16-21-8-5-11-29-17-21/h4,7,9,15,21,23-25,28-30H,3,5-6,8,10-14,16-19H2,1-2H3,(H,31,33)(H,34,35)/t21-,23-,24+,25+/m1/s1. The molecule has 2 aliphatic heterocycles. The minimum atomic E-state index is -1.05. The second-order valence-corrected chi connectivity index (χ2v) is 10.1. The van der Waals surface area contributed by atoms with E-state index in [1.807, 2.05) is 11.9 Å². The van der Waals surface area contributed by atoms with Crippen LogP contribution in [0.2, 0.25) is 0 Å². The van der Waals surface area contributed by atoms with Crippen molar-refractivity contribution in [3.8, 4) is 0 Å². The molecule has 2 aliphatic rings. The molecule has 0 spiro atoms. The van der Waals surface area contributed by atoms with Gasteiger partial charge in [-0.1, -0.05) is 31.2 Å². The van der Waals surface area contributed by atoms with Crippen molar-refractivity contribution in [3.05, 3.63) is 35.4 Å². The summed E-state index contributed by atoms with van der Waals surface area (Å²) in [5.74, 6) is 0.737. The van der Waals surface area contributed by atoms with Crippen molar-refractivity contribution in [3.63, 3.8) is 0 Å². The normalized spacial score (nSPS) is 22.0. The Kier molecular flexibility index (Phi) is 11.8. The highest BCUT2D eigenvalue weighted by Gasteiger charge is 2.32. The molecule has 36 heavy (non-hydrogen) atoms. The Balaban J connectivity index is 1.64. The summed E-state index contributed by atoms with van der Waals surface area (Å²) in [6.07, 6.45) is 4.95. The predicted molar refractivity (Wildman–Crippen MR) is 141 cm³/mol. The van der Waals surface area contributed by atoms with Crippen LogP contribution in [0.5, 0.6) is 0 Å². The van der Waals surface area contributed by atoms with E-state index in [-0.39, 0.29) is 37.2 Å². The number of carbonyl (C=O) groups excluding carboxylic acids is 1. The van der Waals surface area contributed by atoms with Crippen LogP contribution in [0.15, 0.2) is 24.3 Å².